The number of hydrogen-bond acceptors (Lipinski definition) is 1. The van der Waals surface area contributed by atoms with Gasteiger partial charge in [0.2, 0.25) is 0 Å². The van der Waals surface area contributed by atoms with Crippen molar-refractivity contribution >= 4 is 5.97 Å². The highest BCUT2D eigenvalue weighted by atomic mass is 16.4. The van der Waals surface area contributed by atoms with Crippen molar-refractivity contribution in [1.82, 2.24) is 0 Å². The lowest BCUT2D eigenvalue weighted by Gasteiger charge is -2.02. The van der Waals surface area contributed by atoms with Gasteiger partial charge in [-0.1, -0.05) is 115 Å². The molecular formula is C26H48O2. The number of carboxylic acids is 1. The molecule has 0 amide bonds. The summed E-state index contributed by atoms with van der Waals surface area (Å²) < 4.78 is 0. The number of carbonyl (C=O) groups is 1. The van der Waals surface area contributed by atoms with E-state index in [4.69, 9.17) is 5.11 Å². The molecule has 0 aromatic heterocycles. The summed E-state index contributed by atoms with van der Waals surface area (Å²) in [6.07, 6.45) is 34.1. The molecule has 0 heterocycles. The van der Waals surface area contributed by atoms with Crippen molar-refractivity contribution in [2.45, 2.75) is 135 Å². The van der Waals surface area contributed by atoms with E-state index < -0.39 is 5.97 Å². The van der Waals surface area contributed by atoms with Gasteiger partial charge in [-0.05, 0) is 38.5 Å². The molecule has 2 heteroatoms. The van der Waals surface area contributed by atoms with Crippen molar-refractivity contribution in [1.29, 1.82) is 0 Å². The number of aliphatic carboxylic acids is 1. The summed E-state index contributed by atoms with van der Waals surface area (Å²) in [5, 5.41) is 8.55. The summed E-state index contributed by atoms with van der Waals surface area (Å²) in [6, 6.07) is 0. The average molecular weight is 393 g/mol. The third kappa shape index (κ3) is 24.9. The number of rotatable bonds is 22. The molecule has 28 heavy (non-hydrogen) atoms. The lowest BCUT2D eigenvalue weighted by molar-refractivity contribution is -0.137. The van der Waals surface area contributed by atoms with Crippen LogP contribution >= 0.6 is 0 Å². The molecule has 1 N–H and O–H groups in total. The first-order valence-electron chi connectivity index (χ1n) is 12.3. The molecular weight excluding hydrogens is 344 g/mol. The van der Waals surface area contributed by atoms with Gasteiger partial charge in [-0.15, -0.1) is 0 Å². The molecule has 0 aliphatic rings. The van der Waals surface area contributed by atoms with Gasteiger partial charge in [-0.25, -0.2) is 0 Å². The van der Waals surface area contributed by atoms with E-state index in [1.165, 1.54) is 96.3 Å². The molecule has 2 nitrogen and oxygen atoms in total. The Morgan fingerprint density at radius 3 is 1.32 bits per heavy atom. The minimum absolute atomic E-state index is 0.281. The third-order valence-electron chi connectivity index (χ3n) is 5.32. The summed E-state index contributed by atoms with van der Waals surface area (Å²) in [5.74, 6) is -0.695. The lowest BCUT2D eigenvalue weighted by Crippen LogP contribution is -1.92. The highest BCUT2D eigenvalue weighted by molar-refractivity contribution is 5.66. The van der Waals surface area contributed by atoms with E-state index in [0.29, 0.717) is 0 Å². The molecule has 0 saturated carbocycles. The molecule has 0 aliphatic carbocycles. The van der Waals surface area contributed by atoms with Crippen molar-refractivity contribution in [2.75, 3.05) is 0 Å². The zero-order chi connectivity index (χ0) is 20.5. The predicted molar refractivity (Wildman–Crippen MR) is 124 cm³/mol. The maximum absolute atomic E-state index is 10.4. The molecule has 0 aromatic carbocycles. The van der Waals surface area contributed by atoms with E-state index in [2.05, 4.69) is 31.2 Å². The summed E-state index contributed by atoms with van der Waals surface area (Å²) in [4.78, 5) is 10.4. The van der Waals surface area contributed by atoms with Gasteiger partial charge in [0.15, 0.2) is 0 Å². The SMILES string of the molecule is CCCCCCCCCCCCCCCC/C=C/CC/C=C/CCCC(=O)O. The van der Waals surface area contributed by atoms with Crippen LogP contribution < -0.4 is 0 Å². The van der Waals surface area contributed by atoms with E-state index in [1.54, 1.807) is 0 Å². The molecule has 0 aromatic rings. The molecule has 0 fully saturated rings. The van der Waals surface area contributed by atoms with Gasteiger partial charge >= 0.3 is 5.97 Å². The molecule has 0 atom stereocenters. The highest BCUT2D eigenvalue weighted by Gasteiger charge is 1.94. The zero-order valence-corrected chi connectivity index (χ0v) is 18.8. The number of carboxylic acid groups (broad SMARTS) is 1. The second-order valence-electron chi connectivity index (χ2n) is 8.19. The van der Waals surface area contributed by atoms with E-state index in [-0.39, 0.29) is 6.42 Å². The Bertz CT molecular complexity index is 371. The summed E-state index contributed by atoms with van der Waals surface area (Å²) in [7, 11) is 0. The molecule has 0 bridgehead atoms. The number of unbranched alkanes of at least 4 members (excludes halogenated alkanes) is 16. The second-order valence-corrected chi connectivity index (χ2v) is 8.19. The highest BCUT2D eigenvalue weighted by Crippen LogP contribution is 2.13. The number of hydrogen-bond donors (Lipinski definition) is 1. The van der Waals surface area contributed by atoms with Crippen LogP contribution in [0.1, 0.15) is 135 Å². The van der Waals surface area contributed by atoms with Crippen LogP contribution in [0.4, 0.5) is 0 Å². The Kier molecular flexibility index (Phi) is 23.1. The van der Waals surface area contributed by atoms with Gasteiger partial charge in [-0.3, -0.25) is 4.79 Å². The van der Waals surface area contributed by atoms with Gasteiger partial charge in [0.05, 0.1) is 0 Å². The maximum Gasteiger partial charge on any atom is 0.303 e. The Morgan fingerprint density at radius 1 is 0.536 bits per heavy atom. The fourth-order valence-corrected chi connectivity index (χ4v) is 3.49. The molecule has 0 spiro atoms. The topological polar surface area (TPSA) is 37.3 Å². The van der Waals surface area contributed by atoms with Crippen molar-refractivity contribution in [2.24, 2.45) is 0 Å². The fourth-order valence-electron chi connectivity index (χ4n) is 3.49. The first-order valence-corrected chi connectivity index (χ1v) is 12.3. The smallest absolute Gasteiger partial charge is 0.303 e. The Hall–Kier alpha value is -1.05. The third-order valence-corrected chi connectivity index (χ3v) is 5.32. The summed E-state index contributed by atoms with van der Waals surface area (Å²) >= 11 is 0. The van der Waals surface area contributed by atoms with Crippen molar-refractivity contribution in [3.05, 3.63) is 24.3 Å². The van der Waals surface area contributed by atoms with Gasteiger partial charge in [0.1, 0.15) is 0 Å². The van der Waals surface area contributed by atoms with Crippen LogP contribution in [0.3, 0.4) is 0 Å². The maximum atomic E-state index is 10.4. The quantitative estimate of drug-likeness (QED) is 0.147. The van der Waals surface area contributed by atoms with Crippen molar-refractivity contribution in [3.8, 4) is 0 Å². The normalized spacial score (nSPS) is 11.8. The summed E-state index contributed by atoms with van der Waals surface area (Å²) in [6.45, 7) is 2.29. The van der Waals surface area contributed by atoms with E-state index in [1.807, 2.05) is 0 Å². The van der Waals surface area contributed by atoms with Crippen LogP contribution in [0.5, 0.6) is 0 Å². The molecule has 0 aliphatic heterocycles. The van der Waals surface area contributed by atoms with Crippen molar-refractivity contribution in [3.63, 3.8) is 0 Å². The molecule has 0 saturated heterocycles. The Labute approximate surface area is 175 Å². The average Bonchev–Trinajstić information content (AvgIpc) is 2.68. The van der Waals surface area contributed by atoms with Crippen LogP contribution in [-0.2, 0) is 4.79 Å². The van der Waals surface area contributed by atoms with Crippen molar-refractivity contribution < 1.29 is 9.90 Å². The fraction of sp³-hybridized carbons (Fsp3) is 0.808. The first kappa shape index (κ1) is 27.0. The first-order chi connectivity index (χ1) is 13.8. The largest absolute Gasteiger partial charge is 0.481 e. The minimum Gasteiger partial charge on any atom is -0.481 e. The minimum atomic E-state index is -0.695. The van der Waals surface area contributed by atoms with Gasteiger partial charge in [-0.2, -0.15) is 0 Å². The van der Waals surface area contributed by atoms with E-state index >= 15 is 0 Å². The van der Waals surface area contributed by atoms with Gasteiger partial charge in [0.25, 0.3) is 0 Å². The van der Waals surface area contributed by atoms with Crippen LogP contribution in [0.2, 0.25) is 0 Å². The van der Waals surface area contributed by atoms with E-state index in [0.717, 1.165) is 25.7 Å². The van der Waals surface area contributed by atoms with Crippen LogP contribution in [0, 0.1) is 0 Å². The molecule has 0 rings (SSSR count). The molecule has 164 valence electrons. The Morgan fingerprint density at radius 2 is 0.893 bits per heavy atom. The predicted octanol–water partition coefficient (Wildman–Crippen LogP) is 9.01. The summed E-state index contributed by atoms with van der Waals surface area (Å²) in [5.41, 5.74) is 0. The van der Waals surface area contributed by atoms with Gasteiger partial charge < -0.3 is 5.11 Å². The van der Waals surface area contributed by atoms with E-state index in [9.17, 15) is 4.79 Å². The molecule has 0 unspecified atom stereocenters. The standard InChI is InChI=1S/C26H48O2/c1-2-3-4-5-6-7-8-9-10-11-12-13-14-15-16-17-18-19-20-21-22-23-24-25-26(27)28/h17-18,21-22H,2-16,19-20,23-25H2,1H3,(H,27,28)/b18-17+,22-21+. The zero-order valence-electron chi connectivity index (χ0n) is 18.8. The number of allylic oxidation sites excluding steroid dienone is 4. The van der Waals surface area contributed by atoms with Gasteiger partial charge in [0, 0.05) is 6.42 Å². The Balaban J connectivity index is 3.13. The second kappa shape index (κ2) is 24.0. The monoisotopic (exact) mass is 392 g/mol. The van der Waals surface area contributed by atoms with Crippen LogP contribution in [-0.4, -0.2) is 11.1 Å². The van der Waals surface area contributed by atoms with Crippen LogP contribution in [0.25, 0.3) is 0 Å². The molecule has 0 radical (unpaired) electrons. The lowest BCUT2D eigenvalue weighted by atomic mass is 10.0. The van der Waals surface area contributed by atoms with Crippen LogP contribution in [0.15, 0.2) is 24.3 Å².